The maximum atomic E-state index is 12.7. The van der Waals surface area contributed by atoms with Crippen molar-refractivity contribution in [2.75, 3.05) is 24.6 Å². The van der Waals surface area contributed by atoms with Crippen molar-refractivity contribution < 1.29 is 4.74 Å². The maximum Gasteiger partial charge on any atom is 0.270 e. The van der Waals surface area contributed by atoms with E-state index in [0.717, 1.165) is 48.3 Å². The lowest BCUT2D eigenvalue weighted by Gasteiger charge is -2.34. The number of benzene rings is 2. The molecule has 1 aromatic heterocycles. The third kappa shape index (κ3) is 3.34. The van der Waals surface area contributed by atoms with Gasteiger partial charge in [-0.3, -0.25) is 4.79 Å². The topological polar surface area (TPSA) is 58.3 Å². The number of aryl methyl sites for hydroxylation is 1. The van der Waals surface area contributed by atoms with Gasteiger partial charge in [0.1, 0.15) is 17.4 Å². The van der Waals surface area contributed by atoms with Crippen LogP contribution in [0.1, 0.15) is 18.4 Å². The second-order valence-electron chi connectivity index (χ2n) is 7.27. The Bertz CT molecular complexity index is 1070. The minimum atomic E-state index is -0.231. The molecule has 1 aliphatic rings. The van der Waals surface area contributed by atoms with Crippen molar-refractivity contribution >= 4 is 16.6 Å². The predicted molar refractivity (Wildman–Crippen MR) is 111 cm³/mol. The quantitative estimate of drug-likeness (QED) is 0.700. The number of fused-ring (bicyclic) bond motifs is 1. The van der Waals surface area contributed by atoms with Gasteiger partial charge in [0.05, 0.1) is 17.8 Å². The minimum absolute atomic E-state index is 0.231. The van der Waals surface area contributed by atoms with Crippen LogP contribution in [-0.4, -0.2) is 24.3 Å². The van der Waals surface area contributed by atoms with E-state index in [9.17, 15) is 10.1 Å². The summed E-state index contributed by atoms with van der Waals surface area (Å²) < 4.78 is 7.48. The Morgan fingerprint density at radius 1 is 1.07 bits per heavy atom. The number of rotatable bonds is 4. The first-order valence-electron chi connectivity index (χ1n) is 9.63. The molecule has 142 valence electrons. The fourth-order valence-electron chi connectivity index (χ4n) is 3.96. The highest BCUT2D eigenvalue weighted by molar-refractivity contribution is 5.94. The predicted octanol–water partition coefficient (Wildman–Crippen LogP) is 3.71. The molecule has 3 aromatic rings. The van der Waals surface area contributed by atoms with Gasteiger partial charge in [-0.15, -0.1) is 0 Å². The van der Waals surface area contributed by atoms with E-state index in [4.69, 9.17) is 4.74 Å². The molecule has 5 heteroatoms. The number of para-hydroxylation sites is 2. The summed E-state index contributed by atoms with van der Waals surface area (Å²) >= 11 is 0. The van der Waals surface area contributed by atoms with Gasteiger partial charge in [-0.05, 0) is 37.0 Å². The van der Waals surface area contributed by atoms with E-state index in [1.54, 1.807) is 11.6 Å². The van der Waals surface area contributed by atoms with Gasteiger partial charge < -0.3 is 14.2 Å². The molecule has 1 aliphatic heterocycles. The average Bonchev–Trinajstić information content (AvgIpc) is 2.76. The van der Waals surface area contributed by atoms with Gasteiger partial charge in [0.2, 0.25) is 0 Å². The monoisotopic (exact) mass is 373 g/mol. The van der Waals surface area contributed by atoms with Crippen LogP contribution in [0.2, 0.25) is 0 Å². The number of anilines is 1. The molecule has 0 bridgehead atoms. The molecule has 0 radical (unpaired) electrons. The summed E-state index contributed by atoms with van der Waals surface area (Å²) in [5, 5.41) is 10.6. The van der Waals surface area contributed by atoms with Crippen LogP contribution in [0.5, 0.6) is 5.75 Å². The van der Waals surface area contributed by atoms with Crippen LogP contribution < -0.4 is 15.2 Å². The van der Waals surface area contributed by atoms with Gasteiger partial charge in [0, 0.05) is 25.5 Å². The molecule has 0 saturated carbocycles. The molecule has 0 atom stereocenters. The van der Waals surface area contributed by atoms with Crippen molar-refractivity contribution in [3.05, 3.63) is 70.5 Å². The number of nitriles is 1. The molecular weight excluding hydrogens is 350 g/mol. The highest BCUT2D eigenvalue weighted by atomic mass is 16.5. The second kappa shape index (κ2) is 7.77. The van der Waals surface area contributed by atoms with Crippen LogP contribution in [0.25, 0.3) is 10.9 Å². The van der Waals surface area contributed by atoms with Gasteiger partial charge in [0.15, 0.2) is 0 Å². The summed E-state index contributed by atoms with van der Waals surface area (Å²) in [5.74, 6) is 1.37. The van der Waals surface area contributed by atoms with Crippen LogP contribution in [0, 0.1) is 17.2 Å². The lowest BCUT2D eigenvalue weighted by Crippen LogP contribution is -2.37. The highest BCUT2D eigenvalue weighted by Crippen LogP contribution is 2.31. The van der Waals surface area contributed by atoms with E-state index in [-0.39, 0.29) is 11.1 Å². The Morgan fingerprint density at radius 2 is 1.75 bits per heavy atom. The van der Waals surface area contributed by atoms with Crippen LogP contribution in [-0.2, 0) is 7.05 Å². The van der Waals surface area contributed by atoms with Crippen molar-refractivity contribution in [2.45, 2.75) is 12.8 Å². The Balaban J connectivity index is 1.55. The normalized spacial score (nSPS) is 14.8. The van der Waals surface area contributed by atoms with Crippen LogP contribution >= 0.6 is 0 Å². The van der Waals surface area contributed by atoms with Crippen molar-refractivity contribution in [3.63, 3.8) is 0 Å². The molecule has 4 rings (SSSR count). The zero-order valence-corrected chi connectivity index (χ0v) is 16.0. The third-order valence-electron chi connectivity index (χ3n) is 5.55. The Kier molecular flexibility index (Phi) is 5.03. The smallest absolute Gasteiger partial charge is 0.270 e. The van der Waals surface area contributed by atoms with Gasteiger partial charge >= 0.3 is 0 Å². The van der Waals surface area contributed by atoms with Gasteiger partial charge in [-0.25, -0.2) is 0 Å². The molecular formula is C23H23N3O2. The van der Waals surface area contributed by atoms with Crippen molar-refractivity contribution in [2.24, 2.45) is 13.0 Å². The number of ether oxygens (including phenoxy) is 1. The lowest BCUT2D eigenvalue weighted by molar-refractivity contribution is 0.223. The Morgan fingerprint density at radius 3 is 2.46 bits per heavy atom. The Hall–Kier alpha value is -3.26. The number of nitrogens with zero attached hydrogens (tertiary/aromatic N) is 3. The van der Waals surface area contributed by atoms with Crippen molar-refractivity contribution in [1.29, 1.82) is 5.26 Å². The standard InChI is InChI=1S/C23H23N3O2/c1-25-21-10-6-5-9-19(21)22(20(15-24)23(25)27)26-13-11-17(12-14-26)16-28-18-7-3-2-4-8-18/h2-10,17H,11-14,16H2,1H3. The van der Waals surface area contributed by atoms with E-state index < -0.39 is 0 Å². The second-order valence-corrected chi connectivity index (χ2v) is 7.27. The van der Waals surface area contributed by atoms with E-state index in [0.29, 0.717) is 12.5 Å². The maximum absolute atomic E-state index is 12.7. The van der Waals surface area contributed by atoms with Gasteiger partial charge in [0.25, 0.3) is 5.56 Å². The summed E-state index contributed by atoms with van der Waals surface area (Å²) in [4.78, 5) is 14.9. The number of hydrogen-bond acceptors (Lipinski definition) is 4. The zero-order valence-electron chi connectivity index (χ0n) is 16.0. The summed E-state index contributed by atoms with van der Waals surface area (Å²) in [6, 6.07) is 19.8. The van der Waals surface area contributed by atoms with E-state index in [1.807, 2.05) is 54.6 Å². The average molecular weight is 373 g/mol. The van der Waals surface area contributed by atoms with Crippen LogP contribution in [0.15, 0.2) is 59.4 Å². The van der Waals surface area contributed by atoms with Crippen molar-refractivity contribution in [1.82, 2.24) is 4.57 Å². The first-order valence-corrected chi connectivity index (χ1v) is 9.63. The molecule has 0 amide bonds. The zero-order chi connectivity index (χ0) is 19.5. The van der Waals surface area contributed by atoms with Gasteiger partial charge in [-0.1, -0.05) is 36.4 Å². The van der Waals surface area contributed by atoms with Crippen LogP contribution in [0.4, 0.5) is 5.69 Å². The summed E-state index contributed by atoms with van der Waals surface area (Å²) in [5.41, 5.74) is 1.64. The first kappa shape index (κ1) is 18.1. The fraction of sp³-hybridized carbons (Fsp3) is 0.304. The van der Waals surface area contributed by atoms with E-state index >= 15 is 0 Å². The molecule has 0 aliphatic carbocycles. The summed E-state index contributed by atoms with van der Waals surface area (Å²) in [6.07, 6.45) is 1.95. The molecule has 28 heavy (non-hydrogen) atoms. The lowest BCUT2D eigenvalue weighted by atomic mass is 9.96. The number of hydrogen-bond donors (Lipinski definition) is 0. The van der Waals surface area contributed by atoms with Crippen molar-refractivity contribution in [3.8, 4) is 11.8 Å². The Labute approximate surface area is 164 Å². The summed E-state index contributed by atoms with van der Waals surface area (Å²) in [7, 11) is 1.72. The minimum Gasteiger partial charge on any atom is -0.493 e. The SMILES string of the molecule is Cn1c(=O)c(C#N)c(N2CCC(COc3ccccc3)CC2)c2ccccc21. The molecule has 0 N–H and O–H groups in total. The molecule has 2 aromatic carbocycles. The first-order chi connectivity index (χ1) is 13.7. The highest BCUT2D eigenvalue weighted by Gasteiger charge is 2.25. The van der Waals surface area contributed by atoms with E-state index in [2.05, 4.69) is 11.0 Å². The fourth-order valence-corrected chi connectivity index (χ4v) is 3.96. The van der Waals surface area contributed by atoms with Gasteiger partial charge in [-0.2, -0.15) is 5.26 Å². The molecule has 5 nitrogen and oxygen atoms in total. The number of aromatic nitrogens is 1. The molecule has 0 spiro atoms. The number of piperidine rings is 1. The molecule has 1 fully saturated rings. The molecule has 0 unspecified atom stereocenters. The third-order valence-corrected chi connectivity index (χ3v) is 5.55. The van der Waals surface area contributed by atoms with Crippen LogP contribution in [0.3, 0.4) is 0 Å². The van der Waals surface area contributed by atoms with E-state index in [1.165, 1.54) is 0 Å². The summed E-state index contributed by atoms with van der Waals surface area (Å²) in [6.45, 7) is 2.32. The molecule has 2 heterocycles. The largest absolute Gasteiger partial charge is 0.493 e. The molecule has 1 saturated heterocycles. The number of pyridine rings is 1.